The molecule has 0 radical (unpaired) electrons. The van der Waals surface area contributed by atoms with Crippen molar-refractivity contribution >= 4 is 12.3 Å². The van der Waals surface area contributed by atoms with Crippen LogP contribution >= 0.6 is 0 Å². The van der Waals surface area contributed by atoms with Crippen LogP contribution in [-0.4, -0.2) is 17.4 Å². The molecular weight excluding hydrogens is 144 g/mol. The van der Waals surface area contributed by atoms with Crippen molar-refractivity contribution in [3.05, 3.63) is 0 Å². The van der Waals surface area contributed by atoms with Crippen LogP contribution in [0.25, 0.3) is 0 Å². The lowest BCUT2D eigenvalue weighted by Crippen LogP contribution is -2.20. The Hall–Kier alpha value is -0.860. The highest BCUT2D eigenvalue weighted by Gasteiger charge is 2.21. The van der Waals surface area contributed by atoms with Crippen LogP contribution in [0.3, 0.4) is 0 Å². The molecule has 1 N–H and O–H groups in total. The summed E-state index contributed by atoms with van der Waals surface area (Å²) in [5, 5.41) is 8.65. The molecule has 0 fully saturated rings. The maximum Gasteiger partial charge on any atom is 0.306 e. The summed E-state index contributed by atoms with van der Waals surface area (Å²) in [4.78, 5) is 20.6. The smallest absolute Gasteiger partial charge is 0.306 e. The molecule has 2 atom stereocenters. The van der Waals surface area contributed by atoms with E-state index in [1.807, 2.05) is 6.92 Å². The third kappa shape index (κ3) is 3.16. The SMILES string of the molecule is CCC(C(=O)O)C(C)CC=O. The minimum atomic E-state index is -0.804. The van der Waals surface area contributed by atoms with Gasteiger partial charge in [-0.2, -0.15) is 0 Å². The molecule has 0 bridgehead atoms. The summed E-state index contributed by atoms with van der Waals surface area (Å²) in [5.41, 5.74) is 0. The third-order valence-corrected chi connectivity index (χ3v) is 1.91. The minimum Gasteiger partial charge on any atom is -0.481 e. The Kier molecular flexibility index (Phi) is 4.50. The summed E-state index contributed by atoms with van der Waals surface area (Å²) >= 11 is 0. The van der Waals surface area contributed by atoms with Crippen LogP contribution in [0.15, 0.2) is 0 Å². The molecule has 0 aromatic heterocycles. The molecular formula is C8H14O3. The van der Waals surface area contributed by atoms with Crippen LogP contribution in [0.1, 0.15) is 26.7 Å². The number of carboxylic acid groups (broad SMARTS) is 1. The van der Waals surface area contributed by atoms with Gasteiger partial charge in [0.25, 0.3) is 0 Å². The molecule has 2 unspecified atom stereocenters. The number of carboxylic acids is 1. The molecule has 0 aromatic carbocycles. The van der Waals surface area contributed by atoms with Gasteiger partial charge in [0.1, 0.15) is 6.29 Å². The Morgan fingerprint density at radius 3 is 2.45 bits per heavy atom. The van der Waals surface area contributed by atoms with Crippen LogP contribution in [0.4, 0.5) is 0 Å². The van der Waals surface area contributed by atoms with Gasteiger partial charge in [-0.1, -0.05) is 13.8 Å². The van der Waals surface area contributed by atoms with E-state index in [0.29, 0.717) is 12.8 Å². The lowest BCUT2D eigenvalue weighted by atomic mass is 9.90. The van der Waals surface area contributed by atoms with Crippen LogP contribution in [-0.2, 0) is 9.59 Å². The van der Waals surface area contributed by atoms with Gasteiger partial charge in [-0.15, -0.1) is 0 Å². The minimum absolute atomic E-state index is 0.0463. The molecule has 0 heterocycles. The Morgan fingerprint density at radius 2 is 2.18 bits per heavy atom. The van der Waals surface area contributed by atoms with E-state index >= 15 is 0 Å². The fraction of sp³-hybridized carbons (Fsp3) is 0.750. The van der Waals surface area contributed by atoms with E-state index in [-0.39, 0.29) is 11.8 Å². The first-order valence-electron chi connectivity index (χ1n) is 3.79. The Morgan fingerprint density at radius 1 is 1.64 bits per heavy atom. The van der Waals surface area contributed by atoms with Crippen molar-refractivity contribution in [3.63, 3.8) is 0 Å². The van der Waals surface area contributed by atoms with E-state index in [1.54, 1.807) is 6.92 Å². The fourth-order valence-corrected chi connectivity index (χ4v) is 1.14. The normalized spacial score (nSPS) is 15.5. The van der Waals surface area contributed by atoms with Crippen LogP contribution in [0.5, 0.6) is 0 Å². The maximum atomic E-state index is 10.5. The summed E-state index contributed by atoms with van der Waals surface area (Å²) in [5.74, 6) is -1.22. The van der Waals surface area contributed by atoms with E-state index in [1.165, 1.54) is 0 Å². The second-order valence-electron chi connectivity index (χ2n) is 2.73. The van der Waals surface area contributed by atoms with Gasteiger partial charge in [-0.25, -0.2) is 0 Å². The van der Waals surface area contributed by atoms with Crippen molar-refractivity contribution in [2.24, 2.45) is 11.8 Å². The zero-order valence-electron chi connectivity index (χ0n) is 6.91. The average molecular weight is 158 g/mol. The first-order valence-corrected chi connectivity index (χ1v) is 3.79. The first-order chi connectivity index (χ1) is 5.13. The van der Waals surface area contributed by atoms with Crippen molar-refractivity contribution in [2.45, 2.75) is 26.7 Å². The monoisotopic (exact) mass is 158 g/mol. The van der Waals surface area contributed by atoms with Gasteiger partial charge in [-0.3, -0.25) is 4.79 Å². The summed E-state index contributed by atoms with van der Waals surface area (Å²) < 4.78 is 0. The average Bonchev–Trinajstić information content (AvgIpc) is 1.88. The number of aldehydes is 1. The van der Waals surface area contributed by atoms with Crippen molar-refractivity contribution in [3.8, 4) is 0 Å². The molecule has 0 amide bonds. The summed E-state index contributed by atoms with van der Waals surface area (Å²) in [6, 6.07) is 0. The molecule has 0 aliphatic carbocycles. The molecule has 0 saturated carbocycles. The second kappa shape index (κ2) is 4.88. The molecule has 0 saturated heterocycles. The van der Waals surface area contributed by atoms with E-state index in [0.717, 1.165) is 6.29 Å². The fourth-order valence-electron chi connectivity index (χ4n) is 1.14. The lowest BCUT2D eigenvalue weighted by Gasteiger charge is -2.15. The number of hydrogen-bond acceptors (Lipinski definition) is 2. The molecule has 0 rings (SSSR count). The number of aliphatic carboxylic acids is 1. The molecule has 3 nitrogen and oxygen atoms in total. The highest BCUT2D eigenvalue weighted by molar-refractivity contribution is 5.70. The number of rotatable bonds is 5. The van der Waals surface area contributed by atoms with Gasteiger partial charge in [0, 0.05) is 6.42 Å². The Labute approximate surface area is 66.4 Å². The van der Waals surface area contributed by atoms with Gasteiger partial charge in [0.15, 0.2) is 0 Å². The second-order valence-corrected chi connectivity index (χ2v) is 2.73. The quantitative estimate of drug-likeness (QED) is 0.614. The third-order valence-electron chi connectivity index (χ3n) is 1.91. The maximum absolute atomic E-state index is 10.5. The van der Waals surface area contributed by atoms with Crippen molar-refractivity contribution in [1.82, 2.24) is 0 Å². The van der Waals surface area contributed by atoms with Crippen molar-refractivity contribution < 1.29 is 14.7 Å². The highest BCUT2D eigenvalue weighted by Crippen LogP contribution is 2.17. The number of carbonyl (C=O) groups excluding carboxylic acids is 1. The molecule has 0 aliphatic heterocycles. The molecule has 64 valence electrons. The van der Waals surface area contributed by atoms with Gasteiger partial charge in [0.2, 0.25) is 0 Å². The van der Waals surface area contributed by atoms with Crippen LogP contribution in [0.2, 0.25) is 0 Å². The Balaban J connectivity index is 4.01. The van der Waals surface area contributed by atoms with Gasteiger partial charge >= 0.3 is 5.97 Å². The van der Waals surface area contributed by atoms with Crippen LogP contribution in [0, 0.1) is 11.8 Å². The first kappa shape index (κ1) is 10.1. The van der Waals surface area contributed by atoms with E-state index in [2.05, 4.69) is 0 Å². The predicted molar refractivity (Wildman–Crippen MR) is 41.3 cm³/mol. The Bertz CT molecular complexity index is 142. The zero-order valence-corrected chi connectivity index (χ0v) is 6.91. The van der Waals surface area contributed by atoms with Crippen molar-refractivity contribution in [1.29, 1.82) is 0 Å². The van der Waals surface area contributed by atoms with E-state index in [4.69, 9.17) is 5.11 Å². The topological polar surface area (TPSA) is 54.4 Å². The lowest BCUT2D eigenvalue weighted by molar-refractivity contribution is -0.143. The standard InChI is InChI=1S/C8H14O3/c1-3-7(8(10)11)6(2)4-5-9/h5-7H,3-4H2,1-2H3,(H,10,11). The van der Waals surface area contributed by atoms with Gasteiger partial charge < -0.3 is 9.90 Å². The largest absolute Gasteiger partial charge is 0.481 e. The van der Waals surface area contributed by atoms with E-state index < -0.39 is 5.97 Å². The molecule has 3 heteroatoms. The predicted octanol–water partition coefficient (Wildman–Crippen LogP) is 1.32. The number of carbonyl (C=O) groups is 2. The molecule has 0 spiro atoms. The van der Waals surface area contributed by atoms with Gasteiger partial charge in [0.05, 0.1) is 5.92 Å². The van der Waals surface area contributed by atoms with Crippen molar-refractivity contribution in [2.75, 3.05) is 0 Å². The van der Waals surface area contributed by atoms with E-state index in [9.17, 15) is 9.59 Å². The zero-order chi connectivity index (χ0) is 8.85. The summed E-state index contributed by atoms with van der Waals surface area (Å²) in [6.07, 6.45) is 1.70. The molecule has 0 aromatic rings. The van der Waals surface area contributed by atoms with Crippen LogP contribution < -0.4 is 0 Å². The summed E-state index contributed by atoms with van der Waals surface area (Å²) in [6.45, 7) is 3.61. The molecule has 0 aliphatic rings. The number of hydrogen-bond donors (Lipinski definition) is 1. The molecule has 11 heavy (non-hydrogen) atoms. The summed E-state index contributed by atoms with van der Waals surface area (Å²) in [7, 11) is 0. The van der Waals surface area contributed by atoms with Gasteiger partial charge in [-0.05, 0) is 12.3 Å². The highest BCUT2D eigenvalue weighted by atomic mass is 16.4.